The van der Waals surface area contributed by atoms with Gasteiger partial charge in [-0.3, -0.25) is 9.69 Å². The molecule has 134 valence electrons. The molecule has 1 amide bonds. The Bertz CT molecular complexity index is 882. The van der Waals surface area contributed by atoms with E-state index in [-0.39, 0.29) is 11.9 Å². The van der Waals surface area contributed by atoms with Crippen molar-refractivity contribution in [1.29, 1.82) is 0 Å². The Labute approximate surface area is 153 Å². The number of carbonyl (C=O) groups is 1. The lowest BCUT2D eigenvalue weighted by atomic mass is 10.0. The largest absolute Gasteiger partial charge is 0.464 e. The molecule has 1 aliphatic heterocycles. The number of benzene rings is 2. The van der Waals surface area contributed by atoms with Gasteiger partial charge in [0, 0.05) is 31.6 Å². The standard InChI is InChI=1S/C21H23N3O2/c1-23-11-13-24(14-12-23)20(16-6-3-2-4-7-16)21(25)22-18-8-5-9-19-17(18)10-15-26-19/h2-10,15,20H,11-14H2,1H3,(H,22,25). The molecule has 2 heterocycles. The first-order valence-corrected chi connectivity index (χ1v) is 8.97. The molecule has 4 rings (SSSR count). The van der Waals surface area contributed by atoms with Crippen LogP contribution < -0.4 is 5.32 Å². The van der Waals surface area contributed by atoms with Crippen LogP contribution in [0.4, 0.5) is 5.69 Å². The zero-order valence-electron chi connectivity index (χ0n) is 14.9. The molecule has 5 nitrogen and oxygen atoms in total. The third-order valence-electron chi connectivity index (χ3n) is 5.02. The van der Waals surface area contributed by atoms with Crippen molar-refractivity contribution in [1.82, 2.24) is 9.80 Å². The smallest absolute Gasteiger partial charge is 0.246 e. The quantitative estimate of drug-likeness (QED) is 0.785. The highest BCUT2D eigenvalue weighted by atomic mass is 16.3. The number of likely N-dealkylation sites (N-methyl/N-ethyl adjacent to an activating group) is 1. The first-order chi connectivity index (χ1) is 12.7. The van der Waals surface area contributed by atoms with Gasteiger partial charge in [0.05, 0.1) is 12.0 Å². The van der Waals surface area contributed by atoms with Gasteiger partial charge in [0.2, 0.25) is 5.91 Å². The maximum Gasteiger partial charge on any atom is 0.246 e. The number of nitrogens with zero attached hydrogens (tertiary/aromatic N) is 2. The summed E-state index contributed by atoms with van der Waals surface area (Å²) in [4.78, 5) is 17.8. The minimum atomic E-state index is -0.299. The van der Waals surface area contributed by atoms with E-state index >= 15 is 0 Å². The monoisotopic (exact) mass is 349 g/mol. The average molecular weight is 349 g/mol. The van der Waals surface area contributed by atoms with E-state index in [1.54, 1.807) is 6.26 Å². The van der Waals surface area contributed by atoms with E-state index in [1.807, 2.05) is 54.6 Å². The van der Waals surface area contributed by atoms with Gasteiger partial charge in [-0.15, -0.1) is 0 Å². The van der Waals surface area contributed by atoms with Gasteiger partial charge in [-0.1, -0.05) is 36.4 Å². The van der Waals surface area contributed by atoms with Crippen LogP contribution in [0, 0.1) is 0 Å². The highest BCUT2D eigenvalue weighted by Gasteiger charge is 2.30. The van der Waals surface area contributed by atoms with Crippen LogP contribution in [-0.2, 0) is 4.79 Å². The molecule has 1 atom stereocenters. The molecule has 0 spiro atoms. The summed E-state index contributed by atoms with van der Waals surface area (Å²) in [7, 11) is 2.12. The number of amides is 1. The number of piperazine rings is 1. The van der Waals surface area contributed by atoms with Crippen LogP contribution in [0.1, 0.15) is 11.6 Å². The van der Waals surface area contributed by atoms with E-state index in [4.69, 9.17) is 4.42 Å². The Morgan fingerprint density at radius 3 is 2.54 bits per heavy atom. The topological polar surface area (TPSA) is 48.7 Å². The van der Waals surface area contributed by atoms with Crippen molar-refractivity contribution >= 4 is 22.6 Å². The Kier molecular flexibility index (Phi) is 4.73. The summed E-state index contributed by atoms with van der Waals surface area (Å²) in [5.41, 5.74) is 2.59. The summed E-state index contributed by atoms with van der Waals surface area (Å²) < 4.78 is 5.45. The van der Waals surface area contributed by atoms with Gasteiger partial charge in [0.1, 0.15) is 11.6 Å². The molecule has 26 heavy (non-hydrogen) atoms. The van der Waals surface area contributed by atoms with E-state index in [0.717, 1.165) is 48.4 Å². The summed E-state index contributed by atoms with van der Waals surface area (Å²) in [6.45, 7) is 3.68. The summed E-state index contributed by atoms with van der Waals surface area (Å²) in [6, 6.07) is 17.3. The summed E-state index contributed by atoms with van der Waals surface area (Å²) in [6.07, 6.45) is 1.65. The Morgan fingerprint density at radius 2 is 1.77 bits per heavy atom. The molecule has 1 aromatic heterocycles. The molecule has 0 saturated carbocycles. The molecule has 1 unspecified atom stereocenters. The molecular weight excluding hydrogens is 326 g/mol. The van der Waals surface area contributed by atoms with Gasteiger partial charge in [-0.2, -0.15) is 0 Å². The molecule has 2 aromatic carbocycles. The van der Waals surface area contributed by atoms with Crippen LogP contribution in [-0.4, -0.2) is 48.9 Å². The number of rotatable bonds is 4. The Balaban J connectivity index is 1.63. The van der Waals surface area contributed by atoms with Crippen molar-refractivity contribution in [3.8, 4) is 0 Å². The molecule has 0 radical (unpaired) electrons. The Hall–Kier alpha value is -2.63. The lowest BCUT2D eigenvalue weighted by molar-refractivity contribution is -0.122. The minimum Gasteiger partial charge on any atom is -0.464 e. The van der Waals surface area contributed by atoms with Crippen molar-refractivity contribution in [2.24, 2.45) is 0 Å². The molecule has 3 aromatic rings. The van der Waals surface area contributed by atoms with Gasteiger partial charge < -0.3 is 14.6 Å². The predicted molar refractivity (Wildman–Crippen MR) is 103 cm³/mol. The Morgan fingerprint density at radius 1 is 1.00 bits per heavy atom. The van der Waals surface area contributed by atoms with Gasteiger partial charge >= 0.3 is 0 Å². The predicted octanol–water partition coefficient (Wildman–Crippen LogP) is 3.36. The van der Waals surface area contributed by atoms with Gasteiger partial charge in [-0.05, 0) is 30.8 Å². The average Bonchev–Trinajstić information content (AvgIpc) is 3.14. The van der Waals surface area contributed by atoms with Crippen LogP contribution >= 0.6 is 0 Å². The molecule has 1 N–H and O–H groups in total. The first-order valence-electron chi connectivity index (χ1n) is 8.97. The molecule has 1 fully saturated rings. The molecule has 0 aliphatic carbocycles. The second-order valence-electron chi connectivity index (χ2n) is 6.78. The number of nitrogens with one attached hydrogen (secondary N) is 1. The van der Waals surface area contributed by atoms with Gasteiger partial charge in [0.25, 0.3) is 0 Å². The number of furan rings is 1. The molecule has 5 heteroatoms. The van der Waals surface area contributed by atoms with Gasteiger partial charge in [-0.25, -0.2) is 0 Å². The maximum absolute atomic E-state index is 13.3. The third kappa shape index (κ3) is 3.36. The number of carbonyl (C=O) groups excluding carboxylic acids is 1. The highest BCUT2D eigenvalue weighted by molar-refractivity contribution is 6.02. The van der Waals surface area contributed by atoms with E-state index in [1.165, 1.54) is 0 Å². The lowest BCUT2D eigenvalue weighted by Crippen LogP contribution is -2.48. The van der Waals surface area contributed by atoms with Crippen LogP contribution in [0.5, 0.6) is 0 Å². The van der Waals surface area contributed by atoms with E-state index < -0.39 is 0 Å². The summed E-state index contributed by atoms with van der Waals surface area (Å²) in [5, 5.41) is 4.05. The van der Waals surface area contributed by atoms with Crippen molar-refractivity contribution < 1.29 is 9.21 Å². The minimum absolute atomic E-state index is 0.00514. The fraction of sp³-hybridized carbons (Fsp3) is 0.286. The number of anilines is 1. The second-order valence-corrected chi connectivity index (χ2v) is 6.78. The van der Waals surface area contributed by atoms with E-state index in [0.29, 0.717) is 0 Å². The van der Waals surface area contributed by atoms with E-state index in [9.17, 15) is 4.79 Å². The van der Waals surface area contributed by atoms with Crippen LogP contribution in [0.15, 0.2) is 65.3 Å². The van der Waals surface area contributed by atoms with Crippen LogP contribution in [0.25, 0.3) is 11.0 Å². The van der Waals surface area contributed by atoms with Crippen molar-refractivity contribution in [3.05, 3.63) is 66.4 Å². The summed E-state index contributed by atoms with van der Waals surface area (Å²) >= 11 is 0. The zero-order chi connectivity index (χ0) is 17.9. The first kappa shape index (κ1) is 16.8. The normalized spacial score (nSPS) is 17.3. The fourth-order valence-electron chi connectivity index (χ4n) is 3.55. The van der Waals surface area contributed by atoms with Crippen LogP contribution in [0.3, 0.4) is 0 Å². The SMILES string of the molecule is CN1CCN(C(C(=O)Nc2cccc3occc23)c2ccccc2)CC1. The van der Waals surface area contributed by atoms with Crippen molar-refractivity contribution in [2.75, 3.05) is 38.5 Å². The van der Waals surface area contributed by atoms with Gasteiger partial charge in [0.15, 0.2) is 0 Å². The number of hydrogen-bond acceptors (Lipinski definition) is 4. The second kappa shape index (κ2) is 7.32. The fourth-order valence-corrected chi connectivity index (χ4v) is 3.55. The number of hydrogen-bond donors (Lipinski definition) is 1. The highest BCUT2D eigenvalue weighted by Crippen LogP contribution is 2.28. The molecule has 0 bridgehead atoms. The molecule has 1 aliphatic rings. The maximum atomic E-state index is 13.3. The lowest BCUT2D eigenvalue weighted by Gasteiger charge is -2.37. The zero-order valence-corrected chi connectivity index (χ0v) is 14.9. The molecule has 1 saturated heterocycles. The van der Waals surface area contributed by atoms with E-state index in [2.05, 4.69) is 22.2 Å². The third-order valence-corrected chi connectivity index (χ3v) is 5.02. The number of fused-ring (bicyclic) bond motifs is 1. The molecular formula is C21H23N3O2. The van der Waals surface area contributed by atoms with Crippen molar-refractivity contribution in [2.45, 2.75) is 6.04 Å². The van der Waals surface area contributed by atoms with Crippen LogP contribution in [0.2, 0.25) is 0 Å². The van der Waals surface area contributed by atoms with Crippen molar-refractivity contribution in [3.63, 3.8) is 0 Å². The summed E-state index contributed by atoms with van der Waals surface area (Å²) in [5.74, 6) is -0.00514.